The molecular weight excluding hydrogens is 139 g/mol. The summed E-state index contributed by atoms with van der Waals surface area (Å²) in [5.41, 5.74) is 0. The van der Waals surface area contributed by atoms with Gasteiger partial charge >= 0.3 is 24.8 Å². The van der Waals surface area contributed by atoms with Crippen LogP contribution in [0.2, 0.25) is 0 Å². The minimum atomic E-state index is -0.675. The molecule has 0 spiro atoms. The Labute approximate surface area is 79.7 Å². The number of unbranched alkanes of at least 4 members (excludes halogenated alkanes) is 3. The van der Waals surface area contributed by atoms with Crippen LogP contribution in [0.1, 0.15) is 39.0 Å². The van der Waals surface area contributed by atoms with Crippen molar-refractivity contribution < 1.29 is 34.2 Å². The third-order valence-electron chi connectivity index (χ3n) is 1.24. The van der Waals surface area contributed by atoms with Crippen LogP contribution in [0.25, 0.3) is 0 Å². The maximum absolute atomic E-state index is 9.96. The zero-order valence-electron chi connectivity index (χ0n) is 7.34. The second-order valence-electron chi connectivity index (χ2n) is 2.20. The summed E-state index contributed by atoms with van der Waals surface area (Å²) < 4.78 is 0. The number of carboxylic acids is 1. The fourth-order valence-electron chi connectivity index (χ4n) is 0.703. The molecule has 0 aliphatic rings. The monoisotopic (exact) mass is 154 g/mol. The Morgan fingerprint density at radius 3 is 2.18 bits per heavy atom. The molecule has 0 aliphatic heterocycles. The smallest absolute Gasteiger partial charge is 0.870 e. The van der Waals surface area contributed by atoms with Gasteiger partial charge in [0.25, 0.3) is 0 Å². The van der Waals surface area contributed by atoms with Crippen LogP contribution in [0.4, 0.5) is 0 Å². The quantitative estimate of drug-likeness (QED) is 0.402. The van der Waals surface area contributed by atoms with E-state index in [0.717, 1.165) is 19.3 Å². The van der Waals surface area contributed by atoms with E-state index >= 15 is 0 Å². The van der Waals surface area contributed by atoms with E-state index in [1.165, 1.54) is 6.42 Å². The van der Waals surface area contributed by atoms with Crippen LogP contribution in [-0.2, 0) is 4.79 Å². The first-order valence-electron chi connectivity index (χ1n) is 3.49. The third kappa shape index (κ3) is 17.8. The van der Waals surface area contributed by atoms with E-state index in [0.29, 0.717) is 6.42 Å². The van der Waals surface area contributed by atoms with E-state index in [9.17, 15) is 4.79 Å². The predicted octanol–water partition coefficient (Wildman–Crippen LogP) is -1.13. The summed E-state index contributed by atoms with van der Waals surface area (Å²) in [4.78, 5) is 9.96. The van der Waals surface area contributed by atoms with E-state index in [1.54, 1.807) is 0 Å². The number of carboxylic acid groups (broad SMARTS) is 1. The van der Waals surface area contributed by atoms with Crippen molar-refractivity contribution in [2.75, 3.05) is 0 Å². The Morgan fingerprint density at radius 1 is 1.27 bits per heavy atom. The maximum atomic E-state index is 9.96. The SMILES string of the molecule is CCCCCCC(=O)O.[Li+].[OH-]. The van der Waals surface area contributed by atoms with Crippen molar-refractivity contribution in [3.8, 4) is 0 Å². The molecule has 0 aromatic carbocycles. The van der Waals surface area contributed by atoms with Crippen molar-refractivity contribution in [1.29, 1.82) is 0 Å². The molecule has 0 unspecified atom stereocenters. The fourth-order valence-corrected chi connectivity index (χ4v) is 0.703. The Morgan fingerprint density at radius 2 is 1.82 bits per heavy atom. The van der Waals surface area contributed by atoms with E-state index in [4.69, 9.17) is 5.11 Å². The predicted molar refractivity (Wildman–Crippen MR) is 38.3 cm³/mol. The normalized spacial score (nSPS) is 7.73. The first-order chi connectivity index (χ1) is 4.27. The van der Waals surface area contributed by atoms with Crippen LogP contribution in [0.3, 0.4) is 0 Å². The second-order valence-corrected chi connectivity index (χ2v) is 2.20. The standard InChI is InChI=1S/C7H14O2.Li.H2O/c1-2-3-4-5-6-7(8)9;;/h2-6H2,1H3,(H,8,9);;1H2/q;+1;/p-1. The van der Waals surface area contributed by atoms with Crippen LogP contribution in [0, 0.1) is 0 Å². The first kappa shape index (κ1) is 17.2. The van der Waals surface area contributed by atoms with Gasteiger partial charge in [-0.15, -0.1) is 0 Å². The Bertz CT molecular complexity index is 85.8. The molecule has 0 amide bonds. The van der Waals surface area contributed by atoms with Gasteiger partial charge in [0.15, 0.2) is 0 Å². The van der Waals surface area contributed by atoms with Gasteiger partial charge in [-0.2, -0.15) is 0 Å². The number of hydrogen-bond acceptors (Lipinski definition) is 2. The molecular formula is C7H15LiO3. The van der Waals surface area contributed by atoms with E-state index in [2.05, 4.69) is 6.92 Å². The molecule has 0 rings (SSSR count). The van der Waals surface area contributed by atoms with Gasteiger partial charge < -0.3 is 10.6 Å². The molecule has 0 radical (unpaired) electrons. The molecule has 0 atom stereocenters. The summed E-state index contributed by atoms with van der Waals surface area (Å²) in [7, 11) is 0. The summed E-state index contributed by atoms with van der Waals surface area (Å²) in [5, 5.41) is 8.21. The fraction of sp³-hybridized carbons (Fsp3) is 0.857. The maximum Gasteiger partial charge on any atom is 1.00 e. The summed E-state index contributed by atoms with van der Waals surface area (Å²) in [6.07, 6.45) is 4.55. The van der Waals surface area contributed by atoms with Crippen LogP contribution in [0.15, 0.2) is 0 Å². The molecule has 0 saturated carbocycles. The van der Waals surface area contributed by atoms with Gasteiger partial charge in [0, 0.05) is 6.42 Å². The van der Waals surface area contributed by atoms with E-state index in [-0.39, 0.29) is 24.3 Å². The van der Waals surface area contributed by atoms with E-state index < -0.39 is 5.97 Å². The van der Waals surface area contributed by atoms with Gasteiger partial charge in [0.1, 0.15) is 0 Å². The van der Waals surface area contributed by atoms with Crippen LogP contribution in [0.5, 0.6) is 0 Å². The molecule has 0 heterocycles. The minimum absolute atomic E-state index is 0. The molecule has 0 bridgehead atoms. The number of aliphatic carboxylic acids is 1. The zero-order valence-corrected chi connectivity index (χ0v) is 7.34. The Kier molecular flexibility index (Phi) is 19.8. The van der Waals surface area contributed by atoms with Crippen molar-refractivity contribution >= 4 is 5.97 Å². The number of carbonyl (C=O) groups is 1. The molecule has 0 saturated heterocycles. The molecule has 2 N–H and O–H groups in total. The molecule has 4 heteroatoms. The summed E-state index contributed by atoms with van der Waals surface area (Å²) in [6, 6.07) is 0. The average Bonchev–Trinajstić information content (AvgIpc) is 1.80. The molecule has 62 valence electrons. The van der Waals surface area contributed by atoms with Crippen LogP contribution in [-0.4, -0.2) is 16.6 Å². The second kappa shape index (κ2) is 12.7. The summed E-state index contributed by atoms with van der Waals surface area (Å²) in [5.74, 6) is -0.675. The molecule has 0 aromatic rings. The van der Waals surface area contributed by atoms with Crippen LogP contribution < -0.4 is 18.9 Å². The number of rotatable bonds is 5. The Balaban J connectivity index is -0.000000320. The third-order valence-corrected chi connectivity index (χ3v) is 1.24. The minimum Gasteiger partial charge on any atom is -0.870 e. The first-order valence-corrected chi connectivity index (χ1v) is 3.49. The van der Waals surface area contributed by atoms with Crippen molar-refractivity contribution in [3.05, 3.63) is 0 Å². The largest absolute Gasteiger partial charge is 1.00 e. The Hall–Kier alpha value is 0.0274. The van der Waals surface area contributed by atoms with Gasteiger partial charge in [-0.05, 0) is 6.42 Å². The van der Waals surface area contributed by atoms with Crippen molar-refractivity contribution in [1.82, 2.24) is 0 Å². The van der Waals surface area contributed by atoms with Gasteiger partial charge in [0.05, 0.1) is 0 Å². The molecule has 0 fully saturated rings. The molecule has 0 aliphatic carbocycles. The van der Waals surface area contributed by atoms with Crippen molar-refractivity contribution in [2.45, 2.75) is 39.0 Å². The molecule has 0 aromatic heterocycles. The average molecular weight is 154 g/mol. The van der Waals surface area contributed by atoms with Crippen molar-refractivity contribution in [3.63, 3.8) is 0 Å². The van der Waals surface area contributed by atoms with Crippen molar-refractivity contribution in [2.24, 2.45) is 0 Å². The van der Waals surface area contributed by atoms with E-state index in [1.807, 2.05) is 0 Å². The zero-order chi connectivity index (χ0) is 7.11. The summed E-state index contributed by atoms with van der Waals surface area (Å²) >= 11 is 0. The topological polar surface area (TPSA) is 67.3 Å². The summed E-state index contributed by atoms with van der Waals surface area (Å²) in [6.45, 7) is 2.11. The van der Waals surface area contributed by atoms with Gasteiger partial charge in [-0.1, -0.05) is 26.2 Å². The van der Waals surface area contributed by atoms with Crippen LogP contribution >= 0.6 is 0 Å². The molecule has 11 heavy (non-hydrogen) atoms. The van der Waals surface area contributed by atoms with Gasteiger partial charge in [-0.25, -0.2) is 0 Å². The van der Waals surface area contributed by atoms with Gasteiger partial charge in [-0.3, -0.25) is 4.79 Å². The van der Waals surface area contributed by atoms with Gasteiger partial charge in [0.2, 0.25) is 0 Å². The number of hydrogen-bond donors (Lipinski definition) is 1. The molecule has 3 nitrogen and oxygen atoms in total.